The Morgan fingerprint density at radius 3 is 2.50 bits per heavy atom. The lowest BCUT2D eigenvalue weighted by Gasteiger charge is -2.08. The Bertz CT molecular complexity index is 936. The molecule has 3 rings (SSSR count). The minimum atomic E-state index is -2.92. The van der Waals surface area contributed by atoms with Gasteiger partial charge in [-0.2, -0.15) is 8.78 Å². The van der Waals surface area contributed by atoms with Crippen molar-refractivity contribution in [1.29, 1.82) is 0 Å². The summed E-state index contributed by atoms with van der Waals surface area (Å²) in [5, 5.41) is 2.95. The third-order valence-electron chi connectivity index (χ3n) is 3.37. The van der Waals surface area contributed by atoms with Crippen LogP contribution in [0.1, 0.15) is 10.4 Å². The maximum absolute atomic E-state index is 12.4. The highest BCUT2D eigenvalue weighted by Gasteiger charge is 2.13. The second kappa shape index (κ2) is 6.49. The quantitative estimate of drug-likeness (QED) is 0.770. The van der Waals surface area contributed by atoms with Gasteiger partial charge < -0.3 is 15.0 Å². The first-order valence-electron chi connectivity index (χ1n) is 7.01. The minimum Gasteiger partial charge on any atom is -0.435 e. The molecule has 0 saturated heterocycles. The van der Waals surface area contributed by atoms with Gasteiger partial charge in [0.05, 0.1) is 0 Å². The number of aromatic nitrogens is 1. The number of carbonyl (C=O) groups excluding carboxylic acids is 1. The summed E-state index contributed by atoms with van der Waals surface area (Å²) in [7, 11) is 0. The summed E-state index contributed by atoms with van der Waals surface area (Å²) < 4.78 is 28.4. The topological polar surface area (TPSA) is 71.2 Å². The first-order valence-corrected chi connectivity index (χ1v) is 7.01. The molecule has 0 bridgehead atoms. The van der Waals surface area contributed by atoms with Gasteiger partial charge in [-0.1, -0.05) is 12.1 Å². The molecule has 0 radical (unpaired) electrons. The predicted molar refractivity (Wildman–Crippen MR) is 85.6 cm³/mol. The van der Waals surface area contributed by atoms with Crippen molar-refractivity contribution < 1.29 is 18.3 Å². The molecule has 5 nitrogen and oxygen atoms in total. The summed E-state index contributed by atoms with van der Waals surface area (Å²) in [6.45, 7) is -2.92. The first-order chi connectivity index (χ1) is 11.5. The molecule has 0 atom stereocenters. The highest BCUT2D eigenvalue weighted by molar-refractivity contribution is 6.05. The number of para-hydroxylation sites is 1. The van der Waals surface area contributed by atoms with E-state index in [2.05, 4.69) is 15.0 Å². The number of nitrogens with one attached hydrogen (secondary N) is 2. The van der Waals surface area contributed by atoms with Crippen molar-refractivity contribution in [3.63, 3.8) is 0 Å². The van der Waals surface area contributed by atoms with E-state index in [-0.39, 0.29) is 16.7 Å². The van der Waals surface area contributed by atoms with Crippen molar-refractivity contribution in [2.75, 3.05) is 5.32 Å². The van der Waals surface area contributed by atoms with Crippen LogP contribution in [-0.2, 0) is 0 Å². The van der Waals surface area contributed by atoms with Gasteiger partial charge in [0, 0.05) is 22.8 Å². The van der Waals surface area contributed by atoms with Crippen LogP contribution >= 0.6 is 0 Å². The standard InChI is InChI=1S/C17H12F2N2O3/c18-17(19)24-11-7-5-10(6-8-11)21-16(23)13-9-20-14-4-2-1-3-12(14)15(13)22/h1-9,17H,(H,20,22)(H,21,23). The molecule has 0 aliphatic heterocycles. The fourth-order valence-electron chi connectivity index (χ4n) is 2.25. The van der Waals surface area contributed by atoms with Crippen LogP contribution in [0.2, 0.25) is 0 Å². The second-order valence-electron chi connectivity index (χ2n) is 4.93. The SMILES string of the molecule is O=C(Nc1ccc(OC(F)F)cc1)c1c[nH]c2ccccc2c1=O. The van der Waals surface area contributed by atoms with Crippen LogP contribution in [0, 0.1) is 0 Å². The van der Waals surface area contributed by atoms with Crippen molar-refractivity contribution in [2.24, 2.45) is 0 Å². The van der Waals surface area contributed by atoms with Gasteiger partial charge in [0.15, 0.2) is 0 Å². The smallest absolute Gasteiger partial charge is 0.387 e. The van der Waals surface area contributed by atoms with E-state index in [0.717, 1.165) is 0 Å². The Morgan fingerprint density at radius 2 is 1.79 bits per heavy atom. The number of alkyl halides is 2. The molecule has 1 aromatic heterocycles. The lowest BCUT2D eigenvalue weighted by molar-refractivity contribution is -0.0498. The maximum atomic E-state index is 12.4. The van der Waals surface area contributed by atoms with Crippen LogP contribution in [0.25, 0.3) is 10.9 Å². The van der Waals surface area contributed by atoms with Crippen molar-refractivity contribution in [1.82, 2.24) is 4.98 Å². The molecule has 1 amide bonds. The Kier molecular flexibility index (Phi) is 4.24. The molecule has 0 aliphatic carbocycles. The summed E-state index contributed by atoms with van der Waals surface area (Å²) in [6, 6.07) is 12.3. The van der Waals surface area contributed by atoms with E-state index < -0.39 is 12.5 Å². The number of anilines is 1. The Morgan fingerprint density at radius 1 is 1.08 bits per heavy atom. The molecule has 24 heavy (non-hydrogen) atoms. The highest BCUT2D eigenvalue weighted by Crippen LogP contribution is 2.18. The van der Waals surface area contributed by atoms with Gasteiger partial charge in [0.2, 0.25) is 5.43 Å². The summed E-state index contributed by atoms with van der Waals surface area (Å²) in [5.41, 5.74) is 0.558. The van der Waals surface area contributed by atoms with E-state index in [1.807, 2.05) is 0 Å². The number of benzene rings is 2. The van der Waals surface area contributed by atoms with Gasteiger partial charge in [-0.15, -0.1) is 0 Å². The van der Waals surface area contributed by atoms with Crippen LogP contribution in [0.5, 0.6) is 5.75 Å². The van der Waals surface area contributed by atoms with E-state index >= 15 is 0 Å². The lowest BCUT2D eigenvalue weighted by atomic mass is 10.1. The minimum absolute atomic E-state index is 0.0217. The van der Waals surface area contributed by atoms with Crippen LogP contribution in [0.3, 0.4) is 0 Å². The van der Waals surface area contributed by atoms with Crippen LogP contribution in [0.4, 0.5) is 14.5 Å². The van der Waals surface area contributed by atoms with Crippen molar-refractivity contribution in [3.05, 3.63) is 70.5 Å². The largest absolute Gasteiger partial charge is 0.435 e. The number of aromatic amines is 1. The van der Waals surface area contributed by atoms with E-state index in [9.17, 15) is 18.4 Å². The molecular formula is C17H12F2N2O3. The number of amides is 1. The monoisotopic (exact) mass is 330 g/mol. The predicted octanol–water partition coefficient (Wildman–Crippen LogP) is 3.38. The molecule has 122 valence electrons. The number of ether oxygens (including phenoxy) is 1. The van der Waals surface area contributed by atoms with E-state index in [0.29, 0.717) is 16.6 Å². The number of rotatable bonds is 4. The molecule has 2 N–H and O–H groups in total. The van der Waals surface area contributed by atoms with Crippen molar-refractivity contribution >= 4 is 22.5 Å². The number of pyridine rings is 1. The maximum Gasteiger partial charge on any atom is 0.387 e. The molecule has 0 saturated carbocycles. The summed E-state index contributed by atoms with van der Waals surface area (Å²) >= 11 is 0. The van der Waals surface area contributed by atoms with Crippen molar-refractivity contribution in [2.45, 2.75) is 6.61 Å². The van der Waals surface area contributed by atoms with Gasteiger partial charge in [0.1, 0.15) is 11.3 Å². The third-order valence-corrected chi connectivity index (χ3v) is 3.37. The number of fused-ring (bicyclic) bond motifs is 1. The molecule has 2 aromatic carbocycles. The Hall–Kier alpha value is -3.22. The second-order valence-corrected chi connectivity index (χ2v) is 4.93. The third kappa shape index (κ3) is 3.24. The van der Waals surface area contributed by atoms with Gasteiger partial charge in [-0.05, 0) is 36.4 Å². The highest BCUT2D eigenvalue weighted by atomic mass is 19.3. The van der Waals surface area contributed by atoms with E-state index in [1.54, 1.807) is 24.3 Å². The Labute approximate surface area is 134 Å². The summed E-state index contributed by atoms with van der Waals surface area (Å²) in [6.07, 6.45) is 1.34. The molecule has 0 aliphatic rings. The molecule has 3 aromatic rings. The van der Waals surface area contributed by atoms with E-state index in [4.69, 9.17) is 0 Å². The number of hydrogen-bond acceptors (Lipinski definition) is 3. The number of hydrogen-bond donors (Lipinski definition) is 2. The number of carbonyl (C=O) groups is 1. The molecule has 0 fully saturated rings. The van der Waals surface area contributed by atoms with Gasteiger partial charge in [0.25, 0.3) is 5.91 Å². The molecule has 1 heterocycles. The molecule has 7 heteroatoms. The molecule has 0 spiro atoms. The zero-order valence-electron chi connectivity index (χ0n) is 12.3. The van der Waals surface area contributed by atoms with Crippen molar-refractivity contribution in [3.8, 4) is 5.75 Å². The fourth-order valence-corrected chi connectivity index (χ4v) is 2.25. The lowest BCUT2D eigenvalue weighted by Crippen LogP contribution is -2.21. The zero-order chi connectivity index (χ0) is 17.1. The Balaban J connectivity index is 1.82. The summed E-state index contributed by atoms with van der Waals surface area (Å²) in [4.78, 5) is 27.5. The average Bonchev–Trinajstić information content (AvgIpc) is 2.56. The normalized spacial score (nSPS) is 10.8. The molecule has 0 unspecified atom stereocenters. The molecular weight excluding hydrogens is 318 g/mol. The van der Waals surface area contributed by atoms with Gasteiger partial charge in [-0.25, -0.2) is 0 Å². The van der Waals surface area contributed by atoms with Crippen LogP contribution < -0.4 is 15.5 Å². The fraction of sp³-hybridized carbons (Fsp3) is 0.0588. The summed E-state index contributed by atoms with van der Waals surface area (Å²) in [5.74, 6) is -0.615. The average molecular weight is 330 g/mol. The number of halogens is 2. The van der Waals surface area contributed by atoms with Gasteiger partial charge >= 0.3 is 6.61 Å². The van der Waals surface area contributed by atoms with E-state index in [1.165, 1.54) is 30.5 Å². The number of H-pyrrole nitrogens is 1. The van der Waals surface area contributed by atoms with Crippen LogP contribution in [0.15, 0.2) is 59.5 Å². The zero-order valence-corrected chi connectivity index (χ0v) is 12.3. The first kappa shape index (κ1) is 15.7. The van der Waals surface area contributed by atoms with Crippen LogP contribution in [-0.4, -0.2) is 17.5 Å². The van der Waals surface area contributed by atoms with Gasteiger partial charge in [-0.3, -0.25) is 9.59 Å².